The lowest BCUT2D eigenvalue weighted by atomic mass is 9.90. The van der Waals surface area contributed by atoms with Crippen molar-refractivity contribution < 1.29 is 0 Å². The molecular formula is C15H28N2. The third kappa shape index (κ3) is 4.11. The fourth-order valence-electron chi connectivity index (χ4n) is 3.12. The molecule has 1 aliphatic heterocycles. The summed E-state index contributed by atoms with van der Waals surface area (Å²) >= 11 is 0. The Kier molecular flexibility index (Phi) is 5.05. The summed E-state index contributed by atoms with van der Waals surface area (Å²) in [6.07, 6.45) is 10.5. The molecule has 17 heavy (non-hydrogen) atoms. The predicted octanol–water partition coefficient (Wildman–Crippen LogP) is 2.81. The van der Waals surface area contributed by atoms with Gasteiger partial charge in [-0.25, -0.2) is 0 Å². The van der Waals surface area contributed by atoms with Crippen molar-refractivity contribution in [2.45, 2.75) is 51.5 Å². The van der Waals surface area contributed by atoms with E-state index >= 15 is 0 Å². The monoisotopic (exact) mass is 236 g/mol. The maximum absolute atomic E-state index is 3.73. The number of nitrogens with zero attached hydrogens (tertiary/aromatic N) is 1. The Morgan fingerprint density at radius 2 is 2.18 bits per heavy atom. The van der Waals surface area contributed by atoms with E-state index in [0.29, 0.717) is 6.04 Å². The van der Waals surface area contributed by atoms with E-state index in [2.05, 4.69) is 30.3 Å². The van der Waals surface area contributed by atoms with Gasteiger partial charge in [-0.1, -0.05) is 11.6 Å². The van der Waals surface area contributed by atoms with E-state index in [4.69, 9.17) is 0 Å². The third-order valence-electron chi connectivity index (χ3n) is 4.52. The Morgan fingerprint density at radius 1 is 1.41 bits per heavy atom. The lowest BCUT2D eigenvalue weighted by Crippen LogP contribution is -2.41. The van der Waals surface area contributed by atoms with Crippen LogP contribution in [0.2, 0.25) is 0 Å². The van der Waals surface area contributed by atoms with Crippen molar-refractivity contribution in [2.75, 3.05) is 26.7 Å². The van der Waals surface area contributed by atoms with E-state index in [1.807, 2.05) is 0 Å². The van der Waals surface area contributed by atoms with E-state index in [-0.39, 0.29) is 0 Å². The first-order valence-corrected chi connectivity index (χ1v) is 7.35. The first kappa shape index (κ1) is 13.1. The van der Waals surface area contributed by atoms with Gasteiger partial charge in [0, 0.05) is 6.04 Å². The van der Waals surface area contributed by atoms with Crippen LogP contribution in [0.3, 0.4) is 0 Å². The molecule has 1 aliphatic carbocycles. The lowest BCUT2D eigenvalue weighted by molar-refractivity contribution is 0.190. The molecule has 98 valence electrons. The minimum absolute atomic E-state index is 0.700. The van der Waals surface area contributed by atoms with Gasteiger partial charge in [-0.05, 0) is 78.0 Å². The molecule has 1 unspecified atom stereocenters. The Labute approximate surface area is 106 Å². The molecule has 2 rings (SSSR count). The quantitative estimate of drug-likeness (QED) is 0.738. The molecule has 0 bridgehead atoms. The van der Waals surface area contributed by atoms with Crippen LogP contribution in [0.15, 0.2) is 11.6 Å². The largest absolute Gasteiger partial charge is 0.314 e. The fraction of sp³-hybridized carbons (Fsp3) is 0.867. The van der Waals surface area contributed by atoms with Crippen LogP contribution < -0.4 is 5.32 Å². The SMILES string of the molecule is CC(NCCC1=CCCC1)C1CCN(C)CC1. The molecule has 1 N–H and O–H groups in total. The number of allylic oxidation sites excluding steroid dienone is 1. The normalized spacial score (nSPS) is 24.9. The summed E-state index contributed by atoms with van der Waals surface area (Å²) in [5.74, 6) is 0.892. The second-order valence-electron chi connectivity index (χ2n) is 5.89. The minimum Gasteiger partial charge on any atom is -0.314 e. The van der Waals surface area contributed by atoms with Gasteiger partial charge in [-0.2, -0.15) is 0 Å². The zero-order chi connectivity index (χ0) is 12.1. The van der Waals surface area contributed by atoms with E-state index in [1.165, 1.54) is 58.2 Å². The van der Waals surface area contributed by atoms with Crippen molar-refractivity contribution in [3.8, 4) is 0 Å². The Hall–Kier alpha value is -0.340. The summed E-state index contributed by atoms with van der Waals surface area (Å²) in [6.45, 7) is 6.11. The molecule has 0 radical (unpaired) electrons. The number of hydrogen-bond donors (Lipinski definition) is 1. The maximum atomic E-state index is 3.73. The highest BCUT2D eigenvalue weighted by Crippen LogP contribution is 2.21. The number of piperidine rings is 1. The summed E-state index contributed by atoms with van der Waals surface area (Å²) in [6, 6.07) is 0.700. The molecule has 0 amide bonds. The van der Waals surface area contributed by atoms with Crippen LogP contribution in [-0.2, 0) is 0 Å². The van der Waals surface area contributed by atoms with Crippen molar-refractivity contribution in [3.63, 3.8) is 0 Å². The predicted molar refractivity (Wildman–Crippen MR) is 74.2 cm³/mol. The zero-order valence-corrected chi connectivity index (χ0v) is 11.5. The molecule has 0 aromatic rings. The summed E-state index contributed by atoms with van der Waals surface area (Å²) in [5, 5.41) is 3.73. The molecule has 2 nitrogen and oxygen atoms in total. The van der Waals surface area contributed by atoms with Crippen LogP contribution in [0, 0.1) is 5.92 Å². The fourth-order valence-corrected chi connectivity index (χ4v) is 3.12. The molecule has 1 heterocycles. The molecule has 0 aromatic heterocycles. The van der Waals surface area contributed by atoms with Gasteiger partial charge in [0.15, 0.2) is 0 Å². The van der Waals surface area contributed by atoms with E-state index in [1.54, 1.807) is 5.57 Å². The van der Waals surface area contributed by atoms with Gasteiger partial charge in [0.05, 0.1) is 0 Å². The second kappa shape index (κ2) is 6.55. The smallest absolute Gasteiger partial charge is 0.00680 e. The Bertz CT molecular complexity index is 252. The number of hydrogen-bond acceptors (Lipinski definition) is 2. The first-order valence-electron chi connectivity index (χ1n) is 7.35. The molecule has 1 fully saturated rings. The van der Waals surface area contributed by atoms with Crippen LogP contribution >= 0.6 is 0 Å². The lowest BCUT2D eigenvalue weighted by Gasteiger charge is -2.33. The van der Waals surface area contributed by atoms with Crippen LogP contribution in [-0.4, -0.2) is 37.6 Å². The van der Waals surface area contributed by atoms with E-state index in [9.17, 15) is 0 Å². The molecule has 0 spiro atoms. The third-order valence-corrected chi connectivity index (χ3v) is 4.52. The van der Waals surface area contributed by atoms with Gasteiger partial charge in [0.2, 0.25) is 0 Å². The zero-order valence-electron chi connectivity index (χ0n) is 11.5. The minimum atomic E-state index is 0.700. The highest BCUT2D eigenvalue weighted by molar-refractivity contribution is 5.07. The molecule has 1 atom stereocenters. The molecule has 0 saturated carbocycles. The molecular weight excluding hydrogens is 208 g/mol. The summed E-state index contributed by atoms with van der Waals surface area (Å²) in [4.78, 5) is 2.45. The molecule has 2 heteroatoms. The number of likely N-dealkylation sites (tertiary alicyclic amines) is 1. The van der Waals surface area contributed by atoms with E-state index in [0.717, 1.165) is 5.92 Å². The first-order chi connectivity index (χ1) is 8.25. The van der Waals surface area contributed by atoms with Gasteiger partial charge in [0.25, 0.3) is 0 Å². The average molecular weight is 236 g/mol. The number of rotatable bonds is 5. The van der Waals surface area contributed by atoms with Gasteiger partial charge >= 0.3 is 0 Å². The van der Waals surface area contributed by atoms with E-state index < -0.39 is 0 Å². The summed E-state index contributed by atoms with van der Waals surface area (Å²) in [7, 11) is 2.24. The molecule has 1 saturated heterocycles. The average Bonchev–Trinajstić information content (AvgIpc) is 2.83. The number of nitrogens with one attached hydrogen (secondary N) is 1. The van der Waals surface area contributed by atoms with Gasteiger partial charge in [0.1, 0.15) is 0 Å². The summed E-state index contributed by atoms with van der Waals surface area (Å²) < 4.78 is 0. The van der Waals surface area contributed by atoms with Crippen molar-refractivity contribution in [1.29, 1.82) is 0 Å². The molecule has 2 aliphatic rings. The van der Waals surface area contributed by atoms with Gasteiger partial charge < -0.3 is 10.2 Å². The van der Waals surface area contributed by atoms with Gasteiger partial charge in [-0.15, -0.1) is 0 Å². The van der Waals surface area contributed by atoms with Crippen LogP contribution in [0.4, 0.5) is 0 Å². The van der Waals surface area contributed by atoms with Crippen molar-refractivity contribution >= 4 is 0 Å². The topological polar surface area (TPSA) is 15.3 Å². The maximum Gasteiger partial charge on any atom is 0.00680 e. The van der Waals surface area contributed by atoms with Crippen LogP contribution in [0.5, 0.6) is 0 Å². The van der Waals surface area contributed by atoms with Crippen LogP contribution in [0.1, 0.15) is 45.4 Å². The second-order valence-corrected chi connectivity index (χ2v) is 5.89. The van der Waals surface area contributed by atoms with Crippen molar-refractivity contribution in [1.82, 2.24) is 10.2 Å². The highest BCUT2D eigenvalue weighted by atomic mass is 15.1. The van der Waals surface area contributed by atoms with Crippen molar-refractivity contribution in [3.05, 3.63) is 11.6 Å². The summed E-state index contributed by atoms with van der Waals surface area (Å²) in [5.41, 5.74) is 1.69. The Balaban J connectivity index is 1.61. The molecule has 0 aromatic carbocycles. The highest BCUT2D eigenvalue weighted by Gasteiger charge is 2.21. The van der Waals surface area contributed by atoms with Gasteiger partial charge in [-0.3, -0.25) is 0 Å². The van der Waals surface area contributed by atoms with Crippen molar-refractivity contribution in [2.24, 2.45) is 5.92 Å². The Morgan fingerprint density at radius 3 is 2.82 bits per heavy atom. The standard InChI is InChI=1S/C15H28N2/c1-13(15-8-11-17(2)12-9-15)16-10-7-14-5-3-4-6-14/h5,13,15-16H,3-4,6-12H2,1-2H3. The van der Waals surface area contributed by atoms with Crippen LogP contribution in [0.25, 0.3) is 0 Å².